The molecular formula is C22H19P. The Bertz CT molecular complexity index is 709. The zero-order chi connectivity index (χ0) is 15.7. The smallest absolute Gasteiger partial charge is 0.0162 e. The van der Waals surface area contributed by atoms with Crippen molar-refractivity contribution in [1.82, 2.24) is 0 Å². The lowest BCUT2D eigenvalue weighted by Crippen LogP contribution is -1.95. The molecule has 0 aliphatic carbocycles. The molecular weight excluding hydrogens is 295 g/mol. The zero-order valence-electron chi connectivity index (χ0n) is 12.9. The second kappa shape index (κ2) is 8.27. The van der Waals surface area contributed by atoms with Crippen LogP contribution in [0.3, 0.4) is 0 Å². The average Bonchev–Trinajstić information content (AvgIpc) is 2.64. The predicted octanol–water partition coefficient (Wildman–Crippen LogP) is 6.14. The number of hydrogen-bond acceptors (Lipinski definition) is 0. The van der Waals surface area contributed by atoms with Gasteiger partial charge in [-0.3, -0.25) is 0 Å². The molecule has 0 atom stereocenters. The van der Waals surface area contributed by atoms with Gasteiger partial charge in [0, 0.05) is 0 Å². The van der Waals surface area contributed by atoms with Gasteiger partial charge in [0.1, 0.15) is 0 Å². The van der Waals surface area contributed by atoms with E-state index in [-0.39, 0.29) is 0 Å². The summed E-state index contributed by atoms with van der Waals surface area (Å²) in [7, 11) is -0.464. The van der Waals surface area contributed by atoms with Crippen LogP contribution in [-0.4, -0.2) is 0 Å². The van der Waals surface area contributed by atoms with E-state index >= 15 is 0 Å². The maximum absolute atomic E-state index is 2.32. The molecule has 0 nitrogen and oxygen atoms in total. The van der Waals surface area contributed by atoms with Gasteiger partial charge in [-0.2, -0.15) is 0 Å². The van der Waals surface area contributed by atoms with E-state index in [1.807, 2.05) is 12.1 Å². The highest BCUT2D eigenvalue weighted by atomic mass is 31.1. The largest absolute Gasteiger partial charge is 0.0622 e. The minimum Gasteiger partial charge on any atom is -0.0622 e. The summed E-state index contributed by atoms with van der Waals surface area (Å²) < 4.78 is 0. The van der Waals surface area contributed by atoms with Crippen LogP contribution in [0.1, 0.15) is 11.1 Å². The third kappa shape index (κ3) is 4.77. The summed E-state index contributed by atoms with van der Waals surface area (Å²) in [5, 5.41) is 1.36. The number of benzene rings is 3. The Morgan fingerprint density at radius 3 is 1.30 bits per heavy atom. The first-order valence-corrected chi connectivity index (χ1v) is 9.20. The highest BCUT2D eigenvalue weighted by molar-refractivity contribution is 7.71. The summed E-state index contributed by atoms with van der Waals surface area (Å²) in [4.78, 5) is 0. The third-order valence-corrected chi connectivity index (χ3v) is 5.34. The van der Waals surface area contributed by atoms with Gasteiger partial charge in [-0.05, 0) is 24.4 Å². The number of rotatable bonds is 5. The minimum atomic E-state index is -0.464. The van der Waals surface area contributed by atoms with E-state index in [0.29, 0.717) is 0 Å². The van der Waals surface area contributed by atoms with Crippen molar-refractivity contribution < 1.29 is 0 Å². The summed E-state index contributed by atoms with van der Waals surface area (Å²) in [6, 6.07) is 31.6. The molecule has 0 fully saturated rings. The fourth-order valence-electron chi connectivity index (χ4n) is 2.28. The Kier molecular flexibility index (Phi) is 5.56. The van der Waals surface area contributed by atoms with Gasteiger partial charge in [0.25, 0.3) is 0 Å². The van der Waals surface area contributed by atoms with Crippen molar-refractivity contribution in [3.8, 4) is 0 Å². The van der Waals surface area contributed by atoms with Crippen LogP contribution in [0, 0.1) is 0 Å². The molecule has 0 saturated carbocycles. The van der Waals surface area contributed by atoms with E-state index in [1.165, 1.54) is 16.4 Å². The second-order valence-electron chi connectivity index (χ2n) is 5.20. The first kappa shape index (κ1) is 15.5. The molecule has 3 rings (SSSR count). The zero-order valence-corrected chi connectivity index (χ0v) is 13.8. The van der Waals surface area contributed by atoms with Gasteiger partial charge in [0.05, 0.1) is 0 Å². The molecule has 0 aromatic heterocycles. The van der Waals surface area contributed by atoms with Gasteiger partial charge >= 0.3 is 0 Å². The monoisotopic (exact) mass is 314 g/mol. The van der Waals surface area contributed by atoms with Gasteiger partial charge in [-0.15, -0.1) is 0 Å². The highest BCUT2D eigenvalue weighted by Crippen LogP contribution is 2.39. The SMILES string of the molecule is C(=C/P(/C=C\c1ccccc1)c1ccccc1)/c1ccccc1. The quantitative estimate of drug-likeness (QED) is 0.496. The van der Waals surface area contributed by atoms with Crippen LogP contribution in [0.15, 0.2) is 103 Å². The lowest BCUT2D eigenvalue weighted by molar-refractivity contribution is 1.66. The van der Waals surface area contributed by atoms with Crippen molar-refractivity contribution in [2.75, 3.05) is 0 Å². The van der Waals surface area contributed by atoms with E-state index < -0.39 is 7.92 Å². The fraction of sp³-hybridized carbons (Fsp3) is 0. The van der Waals surface area contributed by atoms with Crippen LogP contribution in [0.5, 0.6) is 0 Å². The van der Waals surface area contributed by atoms with Crippen LogP contribution in [0.25, 0.3) is 12.2 Å². The summed E-state index contributed by atoms with van der Waals surface area (Å²) in [6.07, 6.45) is 4.43. The Hall–Kier alpha value is -2.43. The van der Waals surface area contributed by atoms with Crippen LogP contribution in [0.4, 0.5) is 0 Å². The molecule has 112 valence electrons. The van der Waals surface area contributed by atoms with E-state index in [1.54, 1.807) is 0 Å². The Morgan fingerprint density at radius 2 is 0.870 bits per heavy atom. The molecule has 0 aliphatic heterocycles. The Labute approximate surface area is 139 Å². The molecule has 0 aliphatic rings. The third-order valence-electron chi connectivity index (χ3n) is 3.51. The van der Waals surface area contributed by atoms with Gasteiger partial charge in [-0.1, -0.05) is 115 Å². The normalized spacial score (nSPS) is 11.5. The molecule has 23 heavy (non-hydrogen) atoms. The molecule has 0 amide bonds. The topological polar surface area (TPSA) is 0 Å². The maximum atomic E-state index is 2.32. The molecule has 1 heteroatoms. The molecule has 0 N–H and O–H groups in total. The Balaban J connectivity index is 1.85. The van der Waals surface area contributed by atoms with Crippen molar-refractivity contribution in [3.05, 3.63) is 114 Å². The van der Waals surface area contributed by atoms with E-state index in [0.717, 1.165) is 0 Å². The molecule has 0 spiro atoms. The van der Waals surface area contributed by atoms with Crippen molar-refractivity contribution in [3.63, 3.8) is 0 Å². The van der Waals surface area contributed by atoms with Crippen LogP contribution in [-0.2, 0) is 0 Å². The van der Waals surface area contributed by atoms with E-state index in [9.17, 15) is 0 Å². The molecule has 0 bridgehead atoms. The summed E-state index contributed by atoms with van der Waals surface area (Å²) in [5.41, 5.74) is 2.48. The fourth-order valence-corrected chi connectivity index (χ4v) is 3.91. The average molecular weight is 314 g/mol. The van der Waals surface area contributed by atoms with Crippen molar-refractivity contribution in [1.29, 1.82) is 0 Å². The van der Waals surface area contributed by atoms with Gasteiger partial charge < -0.3 is 0 Å². The highest BCUT2D eigenvalue weighted by Gasteiger charge is 2.02. The molecule has 3 aromatic rings. The summed E-state index contributed by atoms with van der Waals surface area (Å²) >= 11 is 0. The predicted molar refractivity (Wildman–Crippen MR) is 104 cm³/mol. The van der Waals surface area contributed by atoms with Crippen molar-refractivity contribution in [2.24, 2.45) is 0 Å². The lowest BCUT2D eigenvalue weighted by Gasteiger charge is -2.09. The van der Waals surface area contributed by atoms with Crippen molar-refractivity contribution >= 4 is 25.4 Å². The van der Waals surface area contributed by atoms with E-state index in [4.69, 9.17) is 0 Å². The van der Waals surface area contributed by atoms with Crippen molar-refractivity contribution in [2.45, 2.75) is 0 Å². The van der Waals surface area contributed by atoms with Crippen LogP contribution in [0.2, 0.25) is 0 Å². The summed E-state index contributed by atoms with van der Waals surface area (Å²) in [6.45, 7) is 0. The molecule has 0 unspecified atom stereocenters. The van der Waals surface area contributed by atoms with Gasteiger partial charge in [0.15, 0.2) is 0 Å². The maximum Gasteiger partial charge on any atom is -0.0162 e. The first-order valence-electron chi connectivity index (χ1n) is 7.72. The standard InChI is InChI=1S/C22H19P/c1-4-10-20(11-5-1)16-18-23(22-14-8-3-9-15-22)19-17-21-12-6-2-7-13-21/h1-19H/b18-16-,19-17-. The first-order chi connectivity index (χ1) is 11.4. The molecule has 3 aromatic carbocycles. The number of hydrogen-bond donors (Lipinski definition) is 0. The van der Waals surface area contributed by atoms with E-state index in [2.05, 4.69) is 103 Å². The van der Waals surface area contributed by atoms with Gasteiger partial charge in [0.2, 0.25) is 0 Å². The lowest BCUT2D eigenvalue weighted by atomic mass is 10.2. The van der Waals surface area contributed by atoms with Crippen LogP contribution < -0.4 is 5.30 Å². The molecule has 0 heterocycles. The van der Waals surface area contributed by atoms with Crippen LogP contribution >= 0.6 is 7.92 Å². The molecule has 0 radical (unpaired) electrons. The minimum absolute atomic E-state index is 0.464. The second-order valence-corrected chi connectivity index (χ2v) is 7.12. The summed E-state index contributed by atoms with van der Waals surface area (Å²) in [5.74, 6) is 4.64. The molecule has 0 saturated heterocycles. The van der Waals surface area contributed by atoms with Gasteiger partial charge in [-0.25, -0.2) is 0 Å². The Morgan fingerprint density at radius 1 is 0.478 bits per heavy atom.